The summed E-state index contributed by atoms with van der Waals surface area (Å²) in [6, 6.07) is 1.46. The molecule has 1 aliphatic rings. The van der Waals surface area contributed by atoms with Gasteiger partial charge in [0.2, 0.25) is 0 Å². The number of hydrogen-bond acceptors (Lipinski definition) is 6. The number of thiophene rings is 1. The number of halogens is 2. The Bertz CT molecular complexity index is 1170. The molecule has 6 nitrogen and oxygen atoms in total. The van der Waals surface area contributed by atoms with Gasteiger partial charge in [-0.15, -0.1) is 11.3 Å². The molecule has 3 aromatic rings. The van der Waals surface area contributed by atoms with Crippen LogP contribution in [0.2, 0.25) is 0 Å². The molecule has 1 amide bonds. The Morgan fingerprint density at radius 2 is 1.90 bits per heavy atom. The first-order valence-electron chi connectivity index (χ1n) is 8.96. The number of esters is 1. The lowest BCUT2D eigenvalue weighted by atomic mass is 10.1. The minimum absolute atomic E-state index is 0.310. The van der Waals surface area contributed by atoms with Crippen molar-refractivity contribution >= 4 is 39.1 Å². The van der Waals surface area contributed by atoms with Crippen LogP contribution in [0.15, 0.2) is 12.1 Å². The van der Waals surface area contributed by atoms with Gasteiger partial charge in [0.25, 0.3) is 5.91 Å². The van der Waals surface area contributed by atoms with Crippen LogP contribution in [0.3, 0.4) is 0 Å². The molecule has 1 aliphatic carbocycles. The number of aryl methyl sites for hydroxylation is 2. The van der Waals surface area contributed by atoms with Gasteiger partial charge < -0.3 is 10.1 Å². The molecule has 0 spiro atoms. The number of nitrogens with one attached hydrogen (secondary N) is 1. The van der Waals surface area contributed by atoms with Crippen LogP contribution in [-0.2, 0) is 4.74 Å². The van der Waals surface area contributed by atoms with Gasteiger partial charge in [-0.25, -0.2) is 23.5 Å². The fraction of sp³-hybridized carbons (Fsp3) is 0.300. The maximum atomic E-state index is 14.2. The first kappa shape index (κ1) is 19.4. The van der Waals surface area contributed by atoms with Crippen molar-refractivity contribution in [2.75, 3.05) is 12.4 Å². The smallest absolute Gasteiger partial charge is 0.340 e. The molecule has 0 bridgehead atoms. The summed E-state index contributed by atoms with van der Waals surface area (Å²) in [7, 11) is 1.09. The van der Waals surface area contributed by atoms with Crippen molar-refractivity contribution < 1.29 is 23.1 Å². The number of anilines is 1. The molecule has 1 fully saturated rings. The molecular weight excluding hydrogens is 400 g/mol. The average Bonchev–Trinajstić information content (AvgIpc) is 3.47. The van der Waals surface area contributed by atoms with Crippen molar-refractivity contribution in [1.82, 2.24) is 9.97 Å². The normalized spacial score (nSPS) is 13.6. The fourth-order valence-corrected chi connectivity index (χ4v) is 4.33. The first-order chi connectivity index (χ1) is 13.8. The van der Waals surface area contributed by atoms with Crippen molar-refractivity contribution in [2.24, 2.45) is 0 Å². The van der Waals surface area contributed by atoms with Gasteiger partial charge in [0.1, 0.15) is 22.3 Å². The summed E-state index contributed by atoms with van der Waals surface area (Å²) in [6.07, 6.45) is 2.13. The molecule has 0 aliphatic heterocycles. The Morgan fingerprint density at radius 1 is 1.17 bits per heavy atom. The van der Waals surface area contributed by atoms with Crippen molar-refractivity contribution in [2.45, 2.75) is 32.6 Å². The van der Waals surface area contributed by atoms with Crippen LogP contribution >= 0.6 is 11.3 Å². The number of benzene rings is 1. The standard InChI is InChI=1S/C20H17F2N3O3S/c1-8-15-9(2)23-17(10-4-5-10)25-19(15)29-16(8)18(26)24-14-6-11(20(27)28-3)12(21)7-13(14)22/h6-7,10H,4-5H2,1-3H3,(H,24,26). The number of methoxy groups -OCH3 is 1. The molecule has 4 rings (SSSR count). The molecule has 2 aromatic heterocycles. The highest BCUT2D eigenvalue weighted by Gasteiger charge is 2.29. The lowest BCUT2D eigenvalue weighted by Crippen LogP contribution is -2.14. The summed E-state index contributed by atoms with van der Waals surface area (Å²) in [5.74, 6) is -2.43. The minimum Gasteiger partial charge on any atom is -0.465 e. The number of hydrogen-bond donors (Lipinski definition) is 1. The maximum Gasteiger partial charge on any atom is 0.340 e. The zero-order valence-electron chi connectivity index (χ0n) is 15.9. The third-order valence-electron chi connectivity index (χ3n) is 4.85. The summed E-state index contributed by atoms with van der Waals surface area (Å²) in [4.78, 5) is 34.7. The van der Waals surface area contributed by atoms with Crippen molar-refractivity contribution in [3.8, 4) is 0 Å². The van der Waals surface area contributed by atoms with Gasteiger partial charge in [0.05, 0.1) is 28.9 Å². The molecule has 150 valence electrons. The zero-order valence-corrected chi connectivity index (χ0v) is 16.7. The lowest BCUT2D eigenvalue weighted by Gasteiger charge is -2.09. The van der Waals surface area contributed by atoms with Gasteiger partial charge in [0, 0.05) is 17.4 Å². The van der Waals surface area contributed by atoms with E-state index in [4.69, 9.17) is 0 Å². The van der Waals surface area contributed by atoms with Crippen molar-refractivity contribution in [3.05, 3.63) is 51.3 Å². The summed E-state index contributed by atoms with van der Waals surface area (Å²) in [6.45, 7) is 3.65. The highest BCUT2D eigenvalue weighted by atomic mass is 32.1. The molecule has 9 heteroatoms. The Kier molecular flexibility index (Phi) is 4.77. The third kappa shape index (κ3) is 3.46. The van der Waals surface area contributed by atoms with Crippen molar-refractivity contribution in [1.29, 1.82) is 0 Å². The molecule has 1 aromatic carbocycles. The second-order valence-corrected chi connectivity index (χ2v) is 7.93. The van der Waals surface area contributed by atoms with Gasteiger partial charge in [-0.1, -0.05) is 0 Å². The number of ether oxygens (including phenoxy) is 1. The maximum absolute atomic E-state index is 14.2. The van der Waals surface area contributed by atoms with Crippen LogP contribution in [0.4, 0.5) is 14.5 Å². The third-order valence-corrected chi connectivity index (χ3v) is 6.03. The Hall–Kier alpha value is -2.94. The monoisotopic (exact) mass is 417 g/mol. The first-order valence-corrected chi connectivity index (χ1v) is 9.78. The number of rotatable bonds is 4. The van der Waals surface area contributed by atoms with Crippen LogP contribution in [0.1, 0.15) is 55.9 Å². The fourth-order valence-electron chi connectivity index (χ4n) is 3.19. The quantitative estimate of drug-likeness (QED) is 0.632. The van der Waals surface area contributed by atoms with E-state index < -0.39 is 29.1 Å². The Morgan fingerprint density at radius 3 is 2.55 bits per heavy atom. The van der Waals surface area contributed by atoms with Gasteiger partial charge in [-0.2, -0.15) is 0 Å². The number of fused-ring (bicyclic) bond motifs is 1. The summed E-state index contributed by atoms with van der Waals surface area (Å²) in [5, 5.41) is 3.22. The number of nitrogens with zero attached hydrogens (tertiary/aromatic N) is 2. The van der Waals surface area contributed by atoms with E-state index in [-0.39, 0.29) is 5.69 Å². The average molecular weight is 417 g/mol. The van der Waals surface area contributed by atoms with E-state index in [1.807, 2.05) is 6.92 Å². The number of carbonyl (C=O) groups excluding carboxylic acids is 2. The minimum atomic E-state index is -1.07. The van der Waals surface area contributed by atoms with E-state index in [9.17, 15) is 18.4 Å². The highest BCUT2D eigenvalue weighted by molar-refractivity contribution is 7.20. The van der Waals surface area contributed by atoms with Gasteiger partial charge >= 0.3 is 5.97 Å². The predicted octanol–water partition coefficient (Wildman–Crippen LogP) is 4.50. The molecule has 0 unspecified atom stereocenters. The largest absolute Gasteiger partial charge is 0.465 e. The van der Waals surface area contributed by atoms with Gasteiger partial charge in [0.15, 0.2) is 0 Å². The highest BCUT2D eigenvalue weighted by Crippen LogP contribution is 2.40. The van der Waals surface area contributed by atoms with Crippen LogP contribution in [0.5, 0.6) is 0 Å². The van der Waals surface area contributed by atoms with E-state index in [1.165, 1.54) is 11.3 Å². The summed E-state index contributed by atoms with van der Waals surface area (Å²) < 4.78 is 32.5. The number of amides is 1. The summed E-state index contributed by atoms with van der Waals surface area (Å²) in [5.41, 5.74) is 0.715. The zero-order chi connectivity index (χ0) is 20.9. The molecule has 29 heavy (non-hydrogen) atoms. The number of aromatic nitrogens is 2. The van der Waals surface area contributed by atoms with E-state index in [0.29, 0.717) is 27.3 Å². The van der Waals surface area contributed by atoms with Crippen LogP contribution < -0.4 is 5.32 Å². The second-order valence-electron chi connectivity index (χ2n) is 6.94. The molecule has 0 saturated heterocycles. The molecule has 1 N–H and O–H groups in total. The number of carbonyl (C=O) groups is 2. The van der Waals surface area contributed by atoms with E-state index in [0.717, 1.165) is 42.9 Å². The molecule has 2 heterocycles. The van der Waals surface area contributed by atoms with E-state index in [1.54, 1.807) is 6.92 Å². The van der Waals surface area contributed by atoms with Gasteiger partial charge in [-0.05, 0) is 38.3 Å². The Balaban J connectivity index is 1.70. The predicted molar refractivity (Wildman–Crippen MR) is 105 cm³/mol. The molecule has 0 atom stereocenters. The van der Waals surface area contributed by atoms with Crippen LogP contribution in [-0.4, -0.2) is 29.0 Å². The lowest BCUT2D eigenvalue weighted by molar-refractivity contribution is 0.0595. The van der Waals surface area contributed by atoms with Crippen LogP contribution in [0.25, 0.3) is 10.2 Å². The SMILES string of the molecule is COC(=O)c1cc(NC(=O)c2sc3nc(C4CC4)nc(C)c3c2C)c(F)cc1F. The topological polar surface area (TPSA) is 81.2 Å². The molecular formula is C20H17F2N3O3S. The molecule has 0 radical (unpaired) electrons. The van der Waals surface area contributed by atoms with E-state index in [2.05, 4.69) is 20.0 Å². The van der Waals surface area contributed by atoms with Gasteiger partial charge in [-0.3, -0.25) is 4.79 Å². The van der Waals surface area contributed by atoms with E-state index >= 15 is 0 Å². The summed E-state index contributed by atoms with van der Waals surface area (Å²) >= 11 is 1.20. The molecule has 1 saturated carbocycles. The second kappa shape index (κ2) is 7.14. The van der Waals surface area contributed by atoms with Crippen LogP contribution in [0, 0.1) is 25.5 Å². The van der Waals surface area contributed by atoms with Crippen molar-refractivity contribution in [3.63, 3.8) is 0 Å². The Labute approximate surface area is 168 Å².